The molecule has 6 aliphatic rings. The van der Waals surface area contributed by atoms with Crippen LogP contribution >= 0.6 is 0 Å². The van der Waals surface area contributed by atoms with Gasteiger partial charge in [-0.2, -0.15) is 0 Å². The van der Waals surface area contributed by atoms with Crippen molar-refractivity contribution < 1.29 is 19.2 Å². The molecule has 8 unspecified atom stereocenters. The van der Waals surface area contributed by atoms with Crippen LogP contribution in [0.4, 0.5) is 0 Å². The van der Waals surface area contributed by atoms with Gasteiger partial charge in [-0.3, -0.25) is 19.2 Å². The molecule has 0 aromatic rings. The van der Waals surface area contributed by atoms with E-state index >= 15 is 0 Å². The Morgan fingerprint density at radius 1 is 0.720 bits per heavy atom. The molecule has 6 nitrogen and oxygen atoms in total. The van der Waals surface area contributed by atoms with E-state index in [0.717, 1.165) is 22.5 Å². The Hall–Kier alpha value is -2.36. The van der Waals surface area contributed by atoms with E-state index in [1.807, 2.05) is 12.2 Å². The first-order valence-corrected chi connectivity index (χ1v) is 8.84. The number of nitrogens with zero attached hydrogens (tertiary/aromatic N) is 2. The summed E-state index contributed by atoms with van der Waals surface area (Å²) < 4.78 is 0. The third kappa shape index (κ3) is 1.46. The molecule has 4 amide bonds. The molecule has 4 bridgehead atoms. The van der Waals surface area contributed by atoms with E-state index < -0.39 is 11.8 Å². The predicted octanol–water partition coefficient (Wildman–Crippen LogP) is -0.418. The maximum Gasteiger partial charge on any atom is 0.410 e. The molecule has 1 radical (unpaired) electrons. The van der Waals surface area contributed by atoms with Gasteiger partial charge in [0.05, 0.1) is 23.7 Å². The van der Waals surface area contributed by atoms with Crippen molar-refractivity contribution in [2.24, 2.45) is 47.3 Å². The van der Waals surface area contributed by atoms with Gasteiger partial charge in [0.1, 0.15) is 0 Å². The second-order valence-corrected chi connectivity index (χ2v) is 8.00. The van der Waals surface area contributed by atoms with Gasteiger partial charge in [0.25, 0.3) is 0 Å². The number of amides is 4. The molecule has 7 heteroatoms. The van der Waals surface area contributed by atoms with Gasteiger partial charge in [0.15, 0.2) is 0 Å². The van der Waals surface area contributed by atoms with Gasteiger partial charge in [-0.15, -0.1) is 0 Å². The topological polar surface area (TPSA) is 74.8 Å². The second-order valence-electron chi connectivity index (χ2n) is 8.00. The highest BCUT2D eigenvalue weighted by Gasteiger charge is 2.63. The zero-order valence-electron chi connectivity index (χ0n) is 13.3. The first-order valence-electron chi connectivity index (χ1n) is 8.84. The summed E-state index contributed by atoms with van der Waals surface area (Å²) in [5.74, 6) is 3.55. The number of rotatable bonds is 2. The van der Waals surface area contributed by atoms with Gasteiger partial charge < -0.3 is 9.62 Å². The molecule has 2 heterocycles. The van der Waals surface area contributed by atoms with Crippen molar-refractivity contribution in [1.29, 1.82) is 0 Å². The molecular weight excluding hydrogens is 319 g/mol. The number of hydrogen-bond donors (Lipinski definition) is 0. The Morgan fingerprint density at radius 2 is 1.16 bits per heavy atom. The largest absolute Gasteiger partial charge is 0.410 e. The Bertz CT molecular complexity index is 808. The van der Waals surface area contributed by atoms with Crippen LogP contribution in [0.15, 0.2) is 12.2 Å². The highest BCUT2D eigenvalue weighted by Crippen LogP contribution is 2.53. The molecule has 0 aromatic heterocycles. The van der Waals surface area contributed by atoms with Crippen molar-refractivity contribution in [1.82, 2.24) is 9.62 Å². The summed E-state index contributed by atoms with van der Waals surface area (Å²) in [6.07, 6.45) is 5.65. The van der Waals surface area contributed by atoms with Crippen LogP contribution in [-0.2, 0) is 19.2 Å². The molecule has 8 atom stereocenters. The zero-order chi connectivity index (χ0) is 17.0. The fraction of sp³-hybridized carbons (Fsp3) is 0.556. The van der Waals surface area contributed by atoms with Crippen molar-refractivity contribution in [3.63, 3.8) is 0 Å². The van der Waals surface area contributed by atoms with Gasteiger partial charge in [0.2, 0.25) is 23.6 Å². The Balaban J connectivity index is 1.28. The smallest absolute Gasteiger partial charge is 0.308 e. The van der Waals surface area contributed by atoms with Crippen molar-refractivity contribution in [3.05, 3.63) is 12.2 Å². The summed E-state index contributed by atoms with van der Waals surface area (Å²) in [6, 6.07) is 0. The third-order valence-corrected chi connectivity index (χ3v) is 7.00. The number of fused-ring (bicyclic) bond motifs is 10. The summed E-state index contributed by atoms with van der Waals surface area (Å²) in [7, 11) is 1.17. The number of imide groups is 2. The lowest BCUT2D eigenvalue weighted by Gasteiger charge is -2.22. The first-order chi connectivity index (χ1) is 12.1. The SMILES string of the molecule is O=C1C2C3C#CC(C3)C2C(=O)N1[B]N1C(=O)C2C3C=CC(C3)C2C1=O. The van der Waals surface area contributed by atoms with Crippen molar-refractivity contribution >= 4 is 31.2 Å². The quantitative estimate of drug-likeness (QED) is 0.298. The van der Waals surface area contributed by atoms with Crippen LogP contribution in [0.3, 0.4) is 0 Å². The fourth-order valence-electron chi connectivity index (χ4n) is 5.93. The van der Waals surface area contributed by atoms with Gasteiger partial charge in [0, 0.05) is 11.8 Å². The molecule has 0 N–H and O–H groups in total. The molecule has 25 heavy (non-hydrogen) atoms. The summed E-state index contributed by atoms with van der Waals surface area (Å²) in [4.78, 5) is 53.0. The highest BCUT2D eigenvalue weighted by atomic mass is 16.2. The van der Waals surface area contributed by atoms with Crippen LogP contribution in [-0.4, -0.2) is 40.8 Å². The maximum absolute atomic E-state index is 12.7. The van der Waals surface area contributed by atoms with E-state index in [-0.39, 0.29) is 59.1 Å². The van der Waals surface area contributed by atoms with Crippen LogP contribution < -0.4 is 0 Å². The van der Waals surface area contributed by atoms with Crippen molar-refractivity contribution in [2.75, 3.05) is 0 Å². The van der Waals surface area contributed by atoms with Gasteiger partial charge >= 0.3 is 7.55 Å². The van der Waals surface area contributed by atoms with Crippen LogP contribution in [0.25, 0.3) is 0 Å². The van der Waals surface area contributed by atoms with E-state index in [1.54, 1.807) is 0 Å². The van der Waals surface area contributed by atoms with Crippen molar-refractivity contribution in [2.45, 2.75) is 12.8 Å². The summed E-state index contributed by atoms with van der Waals surface area (Å²) >= 11 is 0. The molecule has 4 aliphatic carbocycles. The lowest BCUT2D eigenvalue weighted by Crippen LogP contribution is -2.49. The average Bonchev–Trinajstić information content (AvgIpc) is 3.40. The third-order valence-electron chi connectivity index (χ3n) is 7.00. The predicted molar refractivity (Wildman–Crippen MR) is 83.5 cm³/mol. The summed E-state index contributed by atoms with van der Waals surface area (Å²) in [6.45, 7) is 0. The fourth-order valence-corrected chi connectivity index (χ4v) is 5.93. The Labute approximate surface area is 144 Å². The Kier molecular flexibility index (Phi) is 2.35. The van der Waals surface area contributed by atoms with E-state index in [0.29, 0.717) is 0 Å². The standard InChI is InChI=1S/C18H14BN2O4/c22-15-11-7-1-2-8(5-7)12(11)16(23)20(15)19-21-17(24)13-9-3-4-10(6-9)14(13)18(21)25/h1-2,7-14H,5-6H2. The second kappa shape index (κ2) is 4.24. The molecular formula is C18H14BN2O4. The Morgan fingerprint density at radius 3 is 1.64 bits per heavy atom. The molecule has 4 fully saturated rings. The van der Waals surface area contributed by atoms with E-state index in [9.17, 15) is 19.2 Å². The minimum absolute atomic E-state index is 0.0609. The first kappa shape index (κ1) is 13.9. The monoisotopic (exact) mass is 333 g/mol. The molecule has 2 saturated heterocycles. The number of carbonyl (C=O) groups is 4. The molecule has 6 rings (SSSR count). The van der Waals surface area contributed by atoms with Crippen LogP contribution in [0.1, 0.15) is 12.8 Å². The van der Waals surface area contributed by atoms with Gasteiger partial charge in [-0.25, -0.2) is 0 Å². The molecule has 123 valence electrons. The van der Waals surface area contributed by atoms with Gasteiger partial charge in [-0.1, -0.05) is 24.0 Å². The highest BCUT2D eigenvalue weighted by molar-refractivity contribution is 6.49. The van der Waals surface area contributed by atoms with Gasteiger partial charge in [-0.05, 0) is 24.7 Å². The van der Waals surface area contributed by atoms with Crippen LogP contribution in [0.5, 0.6) is 0 Å². The summed E-state index contributed by atoms with van der Waals surface area (Å²) in [5, 5.41) is 0. The van der Waals surface area contributed by atoms with E-state index in [1.165, 1.54) is 7.55 Å². The van der Waals surface area contributed by atoms with E-state index in [2.05, 4.69) is 11.8 Å². The number of hydrogen-bond acceptors (Lipinski definition) is 4. The maximum atomic E-state index is 12.7. The number of carbonyl (C=O) groups excluding carboxylic acids is 4. The normalized spacial score (nSPS) is 47.7. The molecule has 0 aromatic carbocycles. The number of allylic oxidation sites excluding steroid dienone is 2. The minimum Gasteiger partial charge on any atom is -0.308 e. The lowest BCUT2D eigenvalue weighted by atomic mass is 9.85. The molecule has 0 spiro atoms. The van der Waals surface area contributed by atoms with Crippen LogP contribution in [0.2, 0.25) is 0 Å². The van der Waals surface area contributed by atoms with Crippen LogP contribution in [0, 0.1) is 59.2 Å². The average molecular weight is 333 g/mol. The minimum atomic E-state index is -0.403. The van der Waals surface area contributed by atoms with Crippen molar-refractivity contribution in [3.8, 4) is 11.8 Å². The summed E-state index contributed by atoms with van der Waals surface area (Å²) in [5.41, 5.74) is 0. The molecule has 2 saturated carbocycles. The molecule has 2 aliphatic heterocycles. The van der Waals surface area contributed by atoms with E-state index in [4.69, 9.17) is 0 Å². The zero-order valence-corrected chi connectivity index (χ0v) is 13.3. The lowest BCUT2D eigenvalue weighted by molar-refractivity contribution is -0.137.